The summed E-state index contributed by atoms with van der Waals surface area (Å²) in [6.45, 7) is 1.21. The van der Waals surface area contributed by atoms with Gasteiger partial charge in [-0.2, -0.15) is 42.1 Å². The topological polar surface area (TPSA) is 123 Å². The van der Waals surface area contributed by atoms with Gasteiger partial charge in [0.25, 0.3) is 0 Å². The zero-order valence-electron chi connectivity index (χ0n) is 14.6. The van der Waals surface area contributed by atoms with Crippen LogP contribution in [0.3, 0.4) is 0 Å². The van der Waals surface area contributed by atoms with Gasteiger partial charge in [0, 0.05) is 0 Å². The second kappa shape index (κ2) is 7.72. The van der Waals surface area contributed by atoms with E-state index < -0.39 is 83.2 Å². The summed E-state index contributed by atoms with van der Waals surface area (Å²) in [6, 6.07) is 4.43. The van der Waals surface area contributed by atoms with Crippen LogP contribution in [0.4, 0.5) is 26.3 Å². The first-order valence-corrected chi connectivity index (χ1v) is 9.22. The number of halogens is 6. The van der Waals surface area contributed by atoms with Gasteiger partial charge >= 0.3 is 11.0 Å². The second-order valence-corrected chi connectivity index (χ2v) is 7.63. The molecule has 0 amide bonds. The molecule has 3 rings (SSSR count). The first-order valence-electron chi connectivity index (χ1n) is 7.58. The molecule has 158 valence electrons. The average molecular weight is 475 g/mol. The standard InChI is InChI=1S/C16H3F6N5O2S2/c1-5(2-23)13-26-7-9(28-13)12(31-16(20,21)22)8-10(11(7)30-15(17,18)19)29-14(27-8)6(3-24)4-25/h1H3/b13-5-. The lowest BCUT2D eigenvalue weighted by Crippen LogP contribution is -2.04. The molecule has 2 aromatic heterocycles. The molecule has 0 unspecified atom stereocenters. The molecule has 0 fully saturated rings. The minimum atomic E-state index is -4.92. The van der Waals surface area contributed by atoms with Crippen molar-refractivity contribution in [1.82, 2.24) is 9.97 Å². The molecule has 0 saturated heterocycles. The van der Waals surface area contributed by atoms with Crippen molar-refractivity contribution in [2.45, 2.75) is 27.7 Å². The lowest BCUT2D eigenvalue weighted by Gasteiger charge is -2.10. The fourth-order valence-electron chi connectivity index (χ4n) is 2.33. The fourth-order valence-corrected chi connectivity index (χ4v) is 3.72. The molecule has 7 nitrogen and oxygen atoms in total. The van der Waals surface area contributed by atoms with Crippen LogP contribution in [0.25, 0.3) is 33.3 Å². The number of nitriles is 3. The SMILES string of the molecule is C/C(C#N)=c1\nc2c(SC(F)(F)F)c3oc(=C(C#N)C#N)nc3c(SC(F)(F)F)c2o1. The van der Waals surface area contributed by atoms with Gasteiger partial charge in [-0.25, -0.2) is 9.97 Å². The smallest absolute Gasteiger partial charge is 0.434 e. The van der Waals surface area contributed by atoms with Crippen LogP contribution in [0.1, 0.15) is 6.92 Å². The van der Waals surface area contributed by atoms with E-state index in [1.165, 1.54) is 19.1 Å². The van der Waals surface area contributed by atoms with Gasteiger partial charge in [-0.1, -0.05) is 0 Å². The normalized spacial score (nSPS) is 13.0. The Kier molecular flexibility index (Phi) is 5.56. The third kappa shape index (κ3) is 4.40. The van der Waals surface area contributed by atoms with Gasteiger partial charge in [-0.15, -0.1) is 0 Å². The zero-order valence-corrected chi connectivity index (χ0v) is 16.3. The Morgan fingerprint density at radius 3 is 1.58 bits per heavy atom. The van der Waals surface area contributed by atoms with Crippen LogP contribution < -0.4 is 11.1 Å². The van der Waals surface area contributed by atoms with E-state index in [-0.39, 0.29) is 5.57 Å². The van der Waals surface area contributed by atoms with Crippen molar-refractivity contribution >= 4 is 56.9 Å². The molecule has 1 aromatic carbocycles. The zero-order chi connectivity index (χ0) is 23.1. The van der Waals surface area contributed by atoms with Crippen LogP contribution in [0.2, 0.25) is 0 Å². The molecule has 0 saturated carbocycles. The Hall–Kier alpha value is -3.35. The fraction of sp³-hybridized carbons (Fsp3) is 0.188. The van der Waals surface area contributed by atoms with Gasteiger partial charge in [0.2, 0.25) is 11.1 Å². The number of oxazole rings is 2. The first kappa shape index (κ1) is 22.3. The molecule has 0 radical (unpaired) electrons. The van der Waals surface area contributed by atoms with Crippen molar-refractivity contribution in [3.05, 3.63) is 11.1 Å². The first-order chi connectivity index (χ1) is 14.4. The minimum Gasteiger partial charge on any atom is -0.434 e. The lowest BCUT2D eigenvalue weighted by atomic mass is 10.3. The molecule has 15 heteroatoms. The van der Waals surface area contributed by atoms with E-state index in [1.54, 1.807) is 6.07 Å². The average Bonchev–Trinajstić information content (AvgIpc) is 3.28. The van der Waals surface area contributed by atoms with Crippen molar-refractivity contribution in [1.29, 1.82) is 15.8 Å². The number of hydrogen-bond donors (Lipinski definition) is 0. The van der Waals surface area contributed by atoms with Crippen LogP contribution in [0.5, 0.6) is 0 Å². The molecule has 31 heavy (non-hydrogen) atoms. The van der Waals surface area contributed by atoms with Crippen molar-refractivity contribution in [3.8, 4) is 18.2 Å². The lowest BCUT2D eigenvalue weighted by molar-refractivity contribution is -0.0337. The Labute approximate surface area is 175 Å². The predicted molar refractivity (Wildman–Crippen MR) is 94.0 cm³/mol. The number of thioether (sulfide) groups is 2. The van der Waals surface area contributed by atoms with E-state index >= 15 is 0 Å². The number of rotatable bonds is 2. The molecule has 3 aromatic rings. The number of fused-ring (bicyclic) bond motifs is 2. The van der Waals surface area contributed by atoms with Crippen molar-refractivity contribution < 1.29 is 35.2 Å². The highest BCUT2D eigenvalue weighted by molar-refractivity contribution is 8.01. The number of benzene rings is 1. The summed E-state index contributed by atoms with van der Waals surface area (Å²) in [5, 5.41) is 26.9. The molecule has 0 aliphatic heterocycles. The number of nitrogens with zero attached hydrogens (tertiary/aromatic N) is 5. The van der Waals surface area contributed by atoms with Gasteiger partial charge in [0.05, 0.1) is 15.4 Å². The van der Waals surface area contributed by atoms with E-state index in [2.05, 4.69) is 9.97 Å². The van der Waals surface area contributed by atoms with E-state index in [0.717, 1.165) is 0 Å². The van der Waals surface area contributed by atoms with E-state index in [0.29, 0.717) is 0 Å². The quantitative estimate of drug-likeness (QED) is 0.398. The molecule has 2 heterocycles. The number of alkyl halides is 6. The summed E-state index contributed by atoms with van der Waals surface area (Å²) < 4.78 is 89.4. The Bertz CT molecular complexity index is 1370. The van der Waals surface area contributed by atoms with Gasteiger partial charge in [-0.05, 0) is 30.4 Å². The van der Waals surface area contributed by atoms with Crippen LogP contribution in [0, 0.1) is 34.0 Å². The van der Waals surface area contributed by atoms with Crippen molar-refractivity contribution in [3.63, 3.8) is 0 Å². The third-order valence-corrected chi connectivity index (χ3v) is 5.09. The Balaban J connectivity index is 2.62. The molecule has 0 atom stereocenters. The maximum Gasteiger partial charge on any atom is 0.446 e. The molecule has 0 spiro atoms. The summed E-state index contributed by atoms with van der Waals surface area (Å²) in [5.41, 5.74) is -14.9. The number of aromatic nitrogens is 2. The maximum atomic E-state index is 13.2. The second-order valence-electron chi connectivity index (χ2n) is 5.48. The summed E-state index contributed by atoms with van der Waals surface area (Å²) >= 11 is -1.51. The summed E-state index contributed by atoms with van der Waals surface area (Å²) in [4.78, 5) is 5.81. The summed E-state index contributed by atoms with van der Waals surface area (Å²) in [5.74, 6) is 0. The van der Waals surface area contributed by atoms with Gasteiger partial charge in [0.15, 0.2) is 16.7 Å². The largest absolute Gasteiger partial charge is 0.446 e. The number of hydrogen-bond acceptors (Lipinski definition) is 9. The molecule has 0 bridgehead atoms. The van der Waals surface area contributed by atoms with E-state index in [9.17, 15) is 26.3 Å². The van der Waals surface area contributed by atoms with Gasteiger partial charge in [-0.3, -0.25) is 0 Å². The highest BCUT2D eigenvalue weighted by atomic mass is 32.2. The van der Waals surface area contributed by atoms with E-state index in [4.69, 9.17) is 24.6 Å². The highest BCUT2D eigenvalue weighted by Crippen LogP contribution is 2.49. The molecule has 0 N–H and O–H groups in total. The molecular formula is C16H3F6N5O2S2. The Morgan fingerprint density at radius 2 is 1.19 bits per heavy atom. The minimum absolute atomic E-state index is 0.197. The molecular weight excluding hydrogens is 472 g/mol. The molecule has 0 aliphatic rings. The summed E-state index contributed by atoms with van der Waals surface area (Å²) in [6.07, 6.45) is 0. The van der Waals surface area contributed by atoms with Crippen molar-refractivity contribution in [2.24, 2.45) is 0 Å². The van der Waals surface area contributed by atoms with Crippen LogP contribution in [0.15, 0.2) is 18.6 Å². The van der Waals surface area contributed by atoms with Gasteiger partial charge in [0.1, 0.15) is 29.2 Å². The van der Waals surface area contributed by atoms with Crippen LogP contribution in [-0.2, 0) is 0 Å². The van der Waals surface area contributed by atoms with Gasteiger partial charge < -0.3 is 8.83 Å². The van der Waals surface area contributed by atoms with Crippen molar-refractivity contribution in [2.75, 3.05) is 0 Å². The van der Waals surface area contributed by atoms with Crippen LogP contribution in [-0.4, -0.2) is 21.0 Å². The molecule has 0 aliphatic carbocycles. The third-order valence-electron chi connectivity index (χ3n) is 3.46. The predicted octanol–water partition coefficient (Wildman–Crippen LogP) is 4.08. The monoisotopic (exact) mass is 475 g/mol. The van der Waals surface area contributed by atoms with Crippen LogP contribution >= 0.6 is 23.5 Å². The van der Waals surface area contributed by atoms with E-state index in [1.807, 2.05) is 0 Å². The Morgan fingerprint density at radius 1 is 0.774 bits per heavy atom. The maximum absolute atomic E-state index is 13.2. The summed E-state index contributed by atoms with van der Waals surface area (Å²) in [7, 11) is 0. The highest BCUT2D eigenvalue weighted by Gasteiger charge is 2.38.